The zero-order chi connectivity index (χ0) is 17.1. The van der Waals surface area contributed by atoms with Gasteiger partial charge in [0.25, 0.3) is 5.91 Å². The van der Waals surface area contributed by atoms with Gasteiger partial charge in [-0.1, -0.05) is 42.5 Å². The third-order valence-electron chi connectivity index (χ3n) is 4.07. The number of rotatable bonds is 5. The van der Waals surface area contributed by atoms with Gasteiger partial charge < -0.3 is 9.88 Å². The number of thiophene rings is 1. The topological polar surface area (TPSA) is 46.9 Å². The molecule has 4 aromatic rings. The lowest BCUT2D eigenvalue weighted by molar-refractivity contribution is 0.0955. The fourth-order valence-corrected chi connectivity index (χ4v) is 3.49. The second-order valence-corrected chi connectivity index (χ2v) is 6.79. The van der Waals surface area contributed by atoms with E-state index in [1.807, 2.05) is 54.2 Å². The molecule has 0 saturated carbocycles. The van der Waals surface area contributed by atoms with Crippen molar-refractivity contribution in [1.29, 1.82) is 0 Å². The summed E-state index contributed by atoms with van der Waals surface area (Å²) >= 11 is 1.45. The van der Waals surface area contributed by atoms with Gasteiger partial charge in [0.05, 0.1) is 22.2 Å². The summed E-state index contributed by atoms with van der Waals surface area (Å²) in [6, 6.07) is 20.1. The van der Waals surface area contributed by atoms with Gasteiger partial charge in [0, 0.05) is 13.1 Å². The lowest BCUT2D eigenvalue weighted by atomic mass is 10.1. The molecule has 0 aliphatic rings. The minimum Gasteiger partial charge on any atom is -0.347 e. The van der Waals surface area contributed by atoms with E-state index >= 15 is 0 Å². The van der Waals surface area contributed by atoms with Crippen LogP contribution < -0.4 is 5.32 Å². The molecule has 0 spiro atoms. The van der Waals surface area contributed by atoms with Crippen molar-refractivity contribution in [1.82, 2.24) is 14.9 Å². The average Bonchev–Trinajstić information content (AvgIpc) is 3.31. The van der Waals surface area contributed by atoms with Crippen LogP contribution in [0.2, 0.25) is 0 Å². The van der Waals surface area contributed by atoms with Crippen LogP contribution in [0.1, 0.15) is 20.8 Å². The zero-order valence-corrected chi connectivity index (χ0v) is 14.4. The fourth-order valence-electron chi connectivity index (χ4n) is 2.85. The quantitative estimate of drug-likeness (QED) is 0.591. The summed E-state index contributed by atoms with van der Waals surface area (Å²) in [7, 11) is 0. The Morgan fingerprint density at radius 2 is 1.92 bits per heavy atom. The van der Waals surface area contributed by atoms with Crippen LogP contribution in [-0.4, -0.2) is 15.5 Å². The minimum atomic E-state index is -0.0268. The predicted molar refractivity (Wildman–Crippen MR) is 101 cm³/mol. The Hall–Kier alpha value is -2.92. The van der Waals surface area contributed by atoms with Gasteiger partial charge in [-0.15, -0.1) is 11.3 Å². The van der Waals surface area contributed by atoms with Gasteiger partial charge in [-0.25, -0.2) is 4.98 Å². The van der Waals surface area contributed by atoms with Crippen molar-refractivity contribution in [3.63, 3.8) is 0 Å². The molecule has 2 aromatic carbocycles. The minimum absolute atomic E-state index is 0.0268. The first-order chi connectivity index (χ1) is 12.3. The molecule has 2 aromatic heterocycles. The molecule has 4 nitrogen and oxygen atoms in total. The van der Waals surface area contributed by atoms with Gasteiger partial charge in [-0.2, -0.15) is 0 Å². The fraction of sp³-hybridized carbons (Fsp3) is 0.100. The highest BCUT2D eigenvalue weighted by Crippen LogP contribution is 2.15. The maximum absolute atomic E-state index is 12.1. The largest absolute Gasteiger partial charge is 0.347 e. The molecule has 0 atom stereocenters. The highest BCUT2D eigenvalue weighted by Gasteiger charge is 2.07. The molecule has 0 aliphatic heterocycles. The standard InChI is InChI=1S/C20H17N3OS/c24-20(19-9-4-10-25-19)21-12-15-5-3-6-16(11-15)13-23-14-22-17-7-1-2-8-18(17)23/h1-11,14H,12-13H2,(H,21,24). The van der Waals surface area contributed by atoms with Crippen molar-refractivity contribution < 1.29 is 4.79 Å². The molecule has 0 unspecified atom stereocenters. The van der Waals surface area contributed by atoms with E-state index in [1.165, 1.54) is 16.9 Å². The van der Waals surface area contributed by atoms with E-state index < -0.39 is 0 Å². The van der Waals surface area contributed by atoms with Crippen molar-refractivity contribution in [2.75, 3.05) is 0 Å². The second kappa shape index (κ2) is 6.91. The van der Waals surface area contributed by atoms with Crippen LogP contribution in [0.15, 0.2) is 72.4 Å². The number of carbonyl (C=O) groups is 1. The maximum atomic E-state index is 12.1. The van der Waals surface area contributed by atoms with E-state index in [0.29, 0.717) is 6.54 Å². The third kappa shape index (κ3) is 3.46. The Balaban J connectivity index is 1.47. The number of fused-ring (bicyclic) bond motifs is 1. The van der Waals surface area contributed by atoms with Crippen molar-refractivity contribution in [3.8, 4) is 0 Å². The van der Waals surface area contributed by atoms with Crippen LogP contribution in [0.4, 0.5) is 0 Å². The Morgan fingerprint density at radius 3 is 2.80 bits per heavy atom. The van der Waals surface area contributed by atoms with Gasteiger partial charge in [-0.05, 0) is 34.7 Å². The van der Waals surface area contributed by atoms with E-state index in [-0.39, 0.29) is 5.91 Å². The Kier molecular flexibility index (Phi) is 4.31. The molecule has 0 aliphatic carbocycles. The van der Waals surface area contributed by atoms with E-state index in [0.717, 1.165) is 28.0 Å². The second-order valence-electron chi connectivity index (χ2n) is 5.84. The van der Waals surface area contributed by atoms with Gasteiger partial charge in [0.2, 0.25) is 0 Å². The summed E-state index contributed by atoms with van der Waals surface area (Å²) in [6.07, 6.45) is 1.87. The summed E-state index contributed by atoms with van der Waals surface area (Å²) in [4.78, 5) is 17.2. The molecule has 0 radical (unpaired) electrons. The SMILES string of the molecule is O=C(NCc1cccc(Cn2cnc3ccccc32)c1)c1cccs1. The average molecular weight is 347 g/mol. The molecule has 124 valence electrons. The third-order valence-corrected chi connectivity index (χ3v) is 4.94. The van der Waals surface area contributed by atoms with Crippen LogP contribution >= 0.6 is 11.3 Å². The summed E-state index contributed by atoms with van der Waals surface area (Å²) in [6.45, 7) is 1.28. The first-order valence-corrected chi connectivity index (χ1v) is 8.97. The number of benzene rings is 2. The Morgan fingerprint density at radius 1 is 1.04 bits per heavy atom. The zero-order valence-electron chi connectivity index (χ0n) is 13.6. The first kappa shape index (κ1) is 15.6. The molecular weight excluding hydrogens is 330 g/mol. The summed E-state index contributed by atoms with van der Waals surface area (Å²) in [5.41, 5.74) is 4.40. The molecule has 1 N–H and O–H groups in total. The highest BCUT2D eigenvalue weighted by atomic mass is 32.1. The van der Waals surface area contributed by atoms with Gasteiger partial charge in [-0.3, -0.25) is 4.79 Å². The number of hydrogen-bond acceptors (Lipinski definition) is 3. The van der Waals surface area contributed by atoms with Crippen LogP contribution in [0.5, 0.6) is 0 Å². The predicted octanol–water partition coefficient (Wildman–Crippen LogP) is 4.08. The van der Waals surface area contributed by atoms with Crippen molar-refractivity contribution in [2.24, 2.45) is 0 Å². The molecule has 0 fully saturated rings. The molecule has 25 heavy (non-hydrogen) atoms. The van der Waals surface area contributed by atoms with Crippen molar-refractivity contribution >= 4 is 28.3 Å². The smallest absolute Gasteiger partial charge is 0.261 e. The summed E-state index contributed by atoms with van der Waals surface area (Å²) in [5, 5.41) is 4.88. The van der Waals surface area contributed by atoms with Gasteiger partial charge in [0.15, 0.2) is 0 Å². The van der Waals surface area contributed by atoms with Crippen LogP contribution in [-0.2, 0) is 13.1 Å². The number of imidazole rings is 1. The lowest BCUT2D eigenvalue weighted by Gasteiger charge is -2.08. The van der Waals surface area contributed by atoms with Crippen molar-refractivity contribution in [3.05, 3.63) is 88.4 Å². The number of nitrogens with zero attached hydrogens (tertiary/aromatic N) is 2. The molecule has 1 amide bonds. The van der Waals surface area contributed by atoms with E-state index in [4.69, 9.17) is 0 Å². The number of nitrogens with one attached hydrogen (secondary N) is 1. The molecule has 2 heterocycles. The number of aromatic nitrogens is 2. The molecule has 4 rings (SSSR count). The van der Waals surface area contributed by atoms with Crippen LogP contribution in [0.3, 0.4) is 0 Å². The van der Waals surface area contributed by atoms with Crippen LogP contribution in [0, 0.1) is 0 Å². The highest BCUT2D eigenvalue weighted by molar-refractivity contribution is 7.12. The van der Waals surface area contributed by atoms with Gasteiger partial charge in [0.1, 0.15) is 0 Å². The maximum Gasteiger partial charge on any atom is 0.261 e. The van der Waals surface area contributed by atoms with Crippen LogP contribution in [0.25, 0.3) is 11.0 Å². The Labute approximate surface area is 149 Å². The van der Waals surface area contributed by atoms with E-state index in [9.17, 15) is 4.79 Å². The number of amides is 1. The molecule has 5 heteroatoms. The van der Waals surface area contributed by atoms with Crippen molar-refractivity contribution in [2.45, 2.75) is 13.1 Å². The Bertz CT molecular complexity index is 1000. The van der Waals surface area contributed by atoms with Gasteiger partial charge >= 0.3 is 0 Å². The summed E-state index contributed by atoms with van der Waals surface area (Å²) in [5.74, 6) is -0.0268. The number of carbonyl (C=O) groups excluding carboxylic acids is 1. The molecule has 0 saturated heterocycles. The number of para-hydroxylation sites is 2. The normalized spacial score (nSPS) is 10.9. The summed E-state index contributed by atoms with van der Waals surface area (Å²) < 4.78 is 2.14. The molecular formula is C20H17N3OS. The van der Waals surface area contributed by atoms with E-state index in [1.54, 1.807) is 0 Å². The molecule has 0 bridgehead atoms. The number of hydrogen-bond donors (Lipinski definition) is 1. The first-order valence-electron chi connectivity index (χ1n) is 8.09. The van der Waals surface area contributed by atoms with E-state index in [2.05, 4.69) is 33.1 Å². The monoisotopic (exact) mass is 347 g/mol. The lowest BCUT2D eigenvalue weighted by Crippen LogP contribution is -2.21.